The van der Waals surface area contributed by atoms with Crippen molar-refractivity contribution in [2.75, 3.05) is 32.7 Å². The Kier molecular flexibility index (Phi) is 6.23. The second kappa shape index (κ2) is 7.45. The fourth-order valence-electron chi connectivity index (χ4n) is 1.71. The summed E-state index contributed by atoms with van der Waals surface area (Å²) in [6, 6.07) is 6.11. The molecule has 0 amide bonds. The molecule has 0 atom stereocenters. The molecule has 0 aliphatic rings. The van der Waals surface area contributed by atoms with Crippen LogP contribution in [0.1, 0.15) is 26.3 Å². The van der Waals surface area contributed by atoms with E-state index in [4.69, 9.17) is 21.7 Å². The molecule has 2 N–H and O–H groups in total. The zero-order valence-electron chi connectivity index (χ0n) is 12.9. The lowest BCUT2D eigenvalue weighted by Crippen LogP contribution is -2.31. The average molecular weight is 296 g/mol. The minimum absolute atomic E-state index is 0.0772. The molecule has 5 heteroatoms. The van der Waals surface area contributed by atoms with Gasteiger partial charge < -0.3 is 20.1 Å². The van der Waals surface area contributed by atoms with Gasteiger partial charge in [-0.3, -0.25) is 0 Å². The molecule has 0 aromatic heterocycles. The van der Waals surface area contributed by atoms with Gasteiger partial charge in [-0.15, -0.1) is 0 Å². The van der Waals surface area contributed by atoms with Crippen molar-refractivity contribution in [2.24, 2.45) is 0 Å². The lowest BCUT2D eigenvalue weighted by Gasteiger charge is -2.21. The van der Waals surface area contributed by atoms with Crippen molar-refractivity contribution in [3.05, 3.63) is 23.8 Å². The maximum absolute atomic E-state index is 5.36. The van der Waals surface area contributed by atoms with Gasteiger partial charge in [0.05, 0.1) is 19.4 Å². The van der Waals surface area contributed by atoms with E-state index in [2.05, 4.69) is 43.5 Å². The van der Waals surface area contributed by atoms with Crippen LogP contribution in [0.4, 0.5) is 5.69 Å². The van der Waals surface area contributed by atoms with Crippen LogP contribution >= 0.6 is 12.2 Å². The molecule has 0 radical (unpaired) electrons. The van der Waals surface area contributed by atoms with Crippen molar-refractivity contribution in [3.8, 4) is 5.75 Å². The van der Waals surface area contributed by atoms with E-state index in [0.29, 0.717) is 18.3 Å². The van der Waals surface area contributed by atoms with Gasteiger partial charge in [-0.1, -0.05) is 26.8 Å². The Balaban J connectivity index is 2.83. The Morgan fingerprint density at radius 3 is 2.50 bits per heavy atom. The number of rotatable bonds is 5. The Labute approximate surface area is 126 Å². The second-order valence-electron chi connectivity index (χ2n) is 5.54. The molecule has 0 spiro atoms. The highest BCUT2D eigenvalue weighted by molar-refractivity contribution is 7.80. The second-order valence-corrected chi connectivity index (χ2v) is 5.95. The van der Waals surface area contributed by atoms with E-state index >= 15 is 0 Å². The Morgan fingerprint density at radius 2 is 1.95 bits per heavy atom. The minimum Gasteiger partial charge on any atom is -0.495 e. The Morgan fingerprint density at radius 1 is 1.25 bits per heavy atom. The molecule has 0 fully saturated rings. The predicted octanol–water partition coefficient (Wildman–Crippen LogP) is 2.93. The topological polar surface area (TPSA) is 42.5 Å². The summed E-state index contributed by atoms with van der Waals surface area (Å²) in [5.74, 6) is 0.772. The summed E-state index contributed by atoms with van der Waals surface area (Å²) in [6.45, 7) is 7.81. The van der Waals surface area contributed by atoms with Crippen LogP contribution in [0.5, 0.6) is 5.75 Å². The molecular weight excluding hydrogens is 272 g/mol. The summed E-state index contributed by atoms with van der Waals surface area (Å²) in [4.78, 5) is 0. The number of benzene rings is 1. The van der Waals surface area contributed by atoms with E-state index in [-0.39, 0.29) is 5.41 Å². The van der Waals surface area contributed by atoms with Crippen LogP contribution in [0.25, 0.3) is 0 Å². The monoisotopic (exact) mass is 296 g/mol. The van der Waals surface area contributed by atoms with E-state index in [1.807, 2.05) is 6.07 Å². The van der Waals surface area contributed by atoms with Gasteiger partial charge in [-0.05, 0) is 35.3 Å². The molecule has 0 unspecified atom stereocenters. The number of methoxy groups -OCH3 is 2. The maximum atomic E-state index is 5.36. The van der Waals surface area contributed by atoms with Gasteiger partial charge in [0, 0.05) is 13.7 Å². The molecule has 20 heavy (non-hydrogen) atoms. The van der Waals surface area contributed by atoms with Crippen molar-refractivity contribution in [2.45, 2.75) is 26.2 Å². The van der Waals surface area contributed by atoms with Crippen LogP contribution in [-0.4, -0.2) is 32.5 Å². The van der Waals surface area contributed by atoms with Gasteiger partial charge in [-0.25, -0.2) is 0 Å². The molecular formula is C15H24N2O2S. The number of anilines is 1. The highest BCUT2D eigenvalue weighted by Crippen LogP contribution is 2.31. The Bertz CT molecular complexity index is 456. The van der Waals surface area contributed by atoms with E-state index in [0.717, 1.165) is 11.4 Å². The van der Waals surface area contributed by atoms with Crippen LogP contribution in [0, 0.1) is 0 Å². The molecule has 0 heterocycles. The summed E-state index contributed by atoms with van der Waals surface area (Å²) in [6.07, 6.45) is 0. The van der Waals surface area contributed by atoms with E-state index in [1.54, 1.807) is 14.2 Å². The first-order valence-electron chi connectivity index (χ1n) is 6.61. The number of nitrogens with one attached hydrogen (secondary N) is 2. The zero-order chi connectivity index (χ0) is 15.2. The third-order valence-corrected chi connectivity index (χ3v) is 3.15. The maximum Gasteiger partial charge on any atom is 0.170 e. The molecule has 0 saturated heterocycles. The third-order valence-electron chi connectivity index (χ3n) is 2.91. The summed E-state index contributed by atoms with van der Waals surface area (Å²) < 4.78 is 10.3. The van der Waals surface area contributed by atoms with Crippen LogP contribution < -0.4 is 15.4 Å². The fourth-order valence-corrected chi connectivity index (χ4v) is 1.92. The van der Waals surface area contributed by atoms with Gasteiger partial charge in [0.25, 0.3) is 0 Å². The molecule has 1 aromatic carbocycles. The smallest absolute Gasteiger partial charge is 0.170 e. The zero-order valence-corrected chi connectivity index (χ0v) is 13.7. The lowest BCUT2D eigenvalue weighted by molar-refractivity contribution is 0.204. The first-order chi connectivity index (χ1) is 9.38. The first-order valence-corrected chi connectivity index (χ1v) is 7.01. The molecule has 0 aliphatic carbocycles. The normalized spacial score (nSPS) is 11.1. The summed E-state index contributed by atoms with van der Waals surface area (Å²) in [5.41, 5.74) is 2.17. The lowest BCUT2D eigenvalue weighted by atomic mass is 9.87. The van der Waals surface area contributed by atoms with Gasteiger partial charge in [0.2, 0.25) is 0 Å². The summed E-state index contributed by atoms with van der Waals surface area (Å²) in [7, 11) is 3.31. The highest BCUT2D eigenvalue weighted by atomic mass is 32.1. The Hall–Kier alpha value is -1.33. The van der Waals surface area contributed by atoms with Crippen molar-refractivity contribution in [3.63, 3.8) is 0 Å². The van der Waals surface area contributed by atoms with Crippen molar-refractivity contribution in [1.82, 2.24) is 5.32 Å². The molecule has 112 valence electrons. The van der Waals surface area contributed by atoms with Gasteiger partial charge in [0.1, 0.15) is 5.75 Å². The minimum atomic E-state index is 0.0772. The van der Waals surface area contributed by atoms with E-state index in [9.17, 15) is 0 Å². The van der Waals surface area contributed by atoms with Gasteiger partial charge in [0.15, 0.2) is 5.11 Å². The SMILES string of the molecule is COCCNC(=S)Nc1cc(C(C)(C)C)ccc1OC. The summed E-state index contributed by atoms with van der Waals surface area (Å²) >= 11 is 5.26. The van der Waals surface area contributed by atoms with Crippen molar-refractivity contribution < 1.29 is 9.47 Å². The van der Waals surface area contributed by atoms with E-state index in [1.165, 1.54) is 5.56 Å². The molecule has 0 saturated carbocycles. The van der Waals surface area contributed by atoms with Gasteiger partial charge >= 0.3 is 0 Å². The first kappa shape index (κ1) is 16.7. The molecule has 1 aromatic rings. The average Bonchev–Trinajstić information content (AvgIpc) is 2.38. The quantitative estimate of drug-likeness (QED) is 0.646. The number of hydrogen-bond acceptors (Lipinski definition) is 3. The fraction of sp³-hybridized carbons (Fsp3) is 0.533. The van der Waals surface area contributed by atoms with Crippen molar-refractivity contribution >= 4 is 23.0 Å². The largest absolute Gasteiger partial charge is 0.495 e. The highest BCUT2D eigenvalue weighted by Gasteiger charge is 2.16. The van der Waals surface area contributed by atoms with Crippen LogP contribution in [-0.2, 0) is 10.2 Å². The third kappa shape index (κ3) is 4.98. The number of thiocarbonyl (C=S) groups is 1. The number of ether oxygens (including phenoxy) is 2. The molecule has 0 bridgehead atoms. The van der Waals surface area contributed by atoms with Crippen LogP contribution in [0.2, 0.25) is 0 Å². The molecule has 1 rings (SSSR count). The van der Waals surface area contributed by atoms with Crippen LogP contribution in [0.15, 0.2) is 18.2 Å². The predicted molar refractivity (Wildman–Crippen MR) is 87.8 cm³/mol. The summed E-state index contributed by atoms with van der Waals surface area (Å²) in [5, 5.41) is 6.82. The van der Waals surface area contributed by atoms with Gasteiger partial charge in [-0.2, -0.15) is 0 Å². The van der Waals surface area contributed by atoms with Crippen molar-refractivity contribution in [1.29, 1.82) is 0 Å². The molecule has 0 aliphatic heterocycles. The number of hydrogen-bond donors (Lipinski definition) is 2. The standard InChI is InChI=1S/C15H24N2O2S/c1-15(2,3)11-6-7-13(19-5)12(10-11)17-14(20)16-8-9-18-4/h6-7,10H,8-9H2,1-5H3,(H2,16,17,20). The van der Waals surface area contributed by atoms with E-state index < -0.39 is 0 Å². The molecule has 4 nitrogen and oxygen atoms in total. The van der Waals surface area contributed by atoms with Crippen LogP contribution in [0.3, 0.4) is 0 Å².